The van der Waals surface area contributed by atoms with Crippen LogP contribution in [0.3, 0.4) is 0 Å². The second kappa shape index (κ2) is 7.44. The number of aryl methyl sites for hydroxylation is 1. The SMILES string of the molecule is COCCNc1cc(Nc2ccc(OC)cc2)nc(C)n1. The van der Waals surface area contributed by atoms with E-state index in [1.165, 1.54) is 0 Å². The van der Waals surface area contributed by atoms with Crippen molar-refractivity contribution < 1.29 is 9.47 Å². The first-order chi connectivity index (χ1) is 10.2. The fraction of sp³-hybridized carbons (Fsp3) is 0.333. The molecule has 0 fully saturated rings. The molecule has 0 aliphatic rings. The van der Waals surface area contributed by atoms with Gasteiger partial charge in [-0.3, -0.25) is 0 Å². The monoisotopic (exact) mass is 288 g/mol. The van der Waals surface area contributed by atoms with E-state index in [0.717, 1.165) is 23.1 Å². The predicted molar refractivity (Wildman–Crippen MR) is 83.4 cm³/mol. The van der Waals surface area contributed by atoms with Crippen molar-refractivity contribution in [1.29, 1.82) is 0 Å². The number of anilines is 3. The zero-order chi connectivity index (χ0) is 15.1. The third-order valence-electron chi connectivity index (χ3n) is 2.81. The molecule has 1 aromatic carbocycles. The molecule has 2 N–H and O–H groups in total. The van der Waals surface area contributed by atoms with Crippen LogP contribution in [0, 0.1) is 6.92 Å². The normalized spacial score (nSPS) is 10.2. The fourth-order valence-electron chi connectivity index (χ4n) is 1.83. The number of aromatic nitrogens is 2. The smallest absolute Gasteiger partial charge is 0.136 e. The van der Waals surface area contributed by atoms with E-state index in [-0.39, 0.29) is 0 Å². The van der Waals surface area contributed by atoms with Gasteiger partial charge in [0, 0.05) is 25.4 Å². The Labute approximate surface area is 124 Å². The fourth-order valence-corrected chi connectivity index (χ4v) is 1.83. The van der Waals surface area contributed by atoms with Crippen LogP contribution in [0.1, 0.15) is 5.82 Å². The molecule has 0 aliphatic heterocycles. The molecular weight excluding hydrogens is 268 g/mol. The molecule has 1 aromatic heterocycles. The Morgan fingerprint density at radius 2 is 1.76 bits per heavy atom. The van der Waals surface area contributed by atoms with Crippen molar-refractivity contribution in [1.82, 2.24) is 9.97 Å². The molecule has 2 rings (SSSR count). The minimum Gasteiger partial charge on any atom is -0.497 e. The van der Waals surface area contributed by atoms with Gasteiger partial charge in [-0.05, 0) is 31.2 Å². The van der Waals surface area contributed by atoms with Crippen molar-refractivity contribution in [3.63, 3.8) is 0 Å². The number of methoxy groups -OCH3 is 2. The largest absolute Gasteiger partial charge is 0.497 e. The van der Waals surface area contributed by atoms with Gasteiger partial charge < -0.3 is 20.1 Å². The summed E-state index contributed by atoms with van der Waals surface area (Å²) in [7, 11) is 3.32. The summed E-state index contributed by atoms with van der Waals surface area (Å²) in [6, 6.07) is 9.54. The third-order valence-corrected chi connectivity index (χ3v) is 2.81. The lowest BCUT2D eigenvalue weighted by molar-refractivity contribution is 0.210. The molecule has 1 heterocycles. The average molecular weight is 288 g/mol. The van der Waals surface area contributed by atoms with Crippen LogP contribution >= 0.6 is 0 Å². The molecule has 6 heteroatoms. The van der Waals surface area contributed by atoms with Gasteiger partial charge in [0.1, 0.15) is 23.2 Å². The van der Waals surface area contributed by atoms with E-state index >= 15 is 0 Å². The highest BCUT2D eigenvalue weighted by Gasteiger charge is 2.02. The van der Waals surface area contributed by atoms with Gasteiger partial charge in [-0.15, -0.1) is 0 Å². The summed E-state index contributed by atoms with van der Waals surface area (Å²) in [6.45, 7) is 3.19. The van der Waals surface area contributed by atoms with Gasteiger partial charge >= 0.3 is 0 Å². The minimum absolute atomic E-state index is 0.629. The second-order valence-corrected chi connectivity index (χ2v) is 4.46. The first-order valence-electron chi connectivity index (χ1n) is 6.71. The molecule has 2 aromatic rings. The maximum atomic E-state index is 5.14. The molecule has 0 aliphatic carbocycles. The van der Waals surface area contributed by atoms with Gasteiger partial charge in [-0.1, -0.05) is 0 Å². The first-order valence-corrected chi connectivity index (χ1v) is 6.71. The van der Waals surface area contributed by atoms with Gasteiger partial charge in [0.2, 0.25) is 0 Å². The summed E-state index contributed by atoms with van der Waals surface area (Å²) < 4.78 is 10.1. The average Bonchev–Trinajstić information content (AvgIpc) is 2.48. The first kappa shape index (κ1) is 15.1. The predicted octanol–water partition coefficient (Wildman–Crippen LogP) is 2.60. The van der Waals surface area contributed by atoms with Crippen LogP contribution in [-0.2, 0) is 4.74 Å². The Hall–Kier alpha value is -2.34. The Balaban J connectivity index is 2.07. The number of nitrogens with zero attached hydrogens (tertiary/aromatic N) is 2. The van der Waals surface area contributed by atoms with Crippen molar-refractivity contribution in [2.24, 2.45) is 0 Å². The van der Waals surface area contributed by atoms with Gasteiger partial charge in [0.05, 0.1) is 13.7 Å². The van der Waals surface area contributed by atoms with Gasteiger partial charge in [-0.25, -0.2) is 9.97 Å². The molecule has 0 saturated carbocycles. The number of hydrogen-bond acceptors (Lipinski definition) is 6. The lowest BCUT2D eigenvalue weighted by Crippen LogP contribution is -2.10. The Morgan fingerprint density at radius 1 is 1.05 bits per heavy atom. The van der Waals surface area contributed by atoms with Crippen LogP contribution < -0.4 is 15.4 Å². The Morgan fingerprint density at radius 3 is 2.43 bits per heavy atom. The summed E-state index contributed by atoms with van der Waals surface area (Å²) in [5, 5.41) is 6.44. The maximum absolute atomic E-state index is 5.14. The zero-order valence-electron chi connectivity index (χ0n) is 12.5. The lowest BCUT2D eigenvalue weighted by Gasteiger charge is -2.10. The van der Waals surface area contributed by atoms with Crippen LogP contribution in [0.4, 0.5) is 17.3 Å². The summed E-state index contributed by atoms with van der Waals surface area (Å²) >= 11 is 0. The number of ether oxygens (including phenoxy) is 2. The van der Waals surface area contributed by atoms with Crippen molar-refractivity contribution in [2.75, 3.05) is 38.0 Å². The second-order valence-electron chi connectivity index (χ2n) is 4.46. The molecule has 0 atom stereocenters. The van der Waals surface area contributed by atoms with E-state index in [4.69, 9.17) is 9.47 Å². The van der Waals surface area contributed by atoms with Crippen LogP contribution in [0.5, 0.6) is 5.75 Å². The van der Waals surface area contributed by atoms with Crippen LogP contribution in [0.2, 0.25) is 0 Å². The lowest BCUT2D eigenvalue weighted by atomic mass is 10.3. The quantitative estimate of drug-likeness (QED) is 0.763. The molecule has 0 bridgehead atoms. The van der Waals surface area contributed by atoms with E-state index in [0.29, 0.717) is 19.0 Å². The van der Waals surface area contributed by atoms with Crippen LogP contribution in [0.25, 0.3) is 0 Å². The molecule has 0 amide bonds. The number of hydrogen-bond donors (Lipinski definition) is 2. The number of benzene rings is 1. The number of rotatable bonds is 7. The van der Waals surface area contributed by atoms with Crippen molar-refractivity contribution in [3.05, 3.63) is 36.2 Å². The molecular formula is C15H20N4O2. The zero-order valence-corrected chi connectivity index (χ0v) is 12.5. The Bertz CT molecular complexity index is 572. The van der Waals surface area contributed by atoms with E-state index < -0.39 is 0 Å². The van der Waals surface area contributed by atoms with Crippen molar-refractivity contribution in [2.45, 2.75) is 6.92 Å². The maximum Gasteiger partial charge on any atom is 0.136 e. The van der Waals surface area contributed by atoms with Gasteiger partial charge in [0.25, 0.3) is 0 Å². The highest BCUT2D eigenvalue weighted by atomic mass is 16.5. The molecule has 0 radical (unpaired) electrons. The third kappa shape index (κ3) is 4.61. The van der Waals surface area contributed by atoms with E-state index in [2.05, 4.69) is 20.6 Å². The van der Waals surface area contributed by atoms with Gasteiger partial charge in [0.15, 0.2) is 0 Å². The topological polar surface area (TPSA) is 68.3 Å². The summed E-state index contributed by atoms with van der Waals surface area (Å²) in [5.41, 5.74) is 0.941. The molecule has 112 valence electrons. The minimum atomic E-state index is 0.629. The molecule has 6 nitrogen and oxygen atoms in total. The molecule has 0 spiro atoms. The van der Waals surface area contributed by atoms with E-state index in [9.17, 15) is 0 Å². The highest BCUT2D eigenvalue weighted by molar-refractivity contribution is 5.59. The summed E-state index contributed by atoms with van der Waals surface area (Å²) in [4.78, 5) is 8.71. The summed E-state index contributed by atoms with van der Waals surface area (Å²) in [6.07, 6.45) is 0. The highest BCUT2D eigenvalue weighted by Crippen LogP contribution is 2.20. The van der Waals surface area contributed by atoms with E-state index in [1.54, 1.807) is 14.2 Å². The molecule has 0 unspecified atom stereocenters. The van der Waals surface area contributed by atoms with Crippen LogP contribution in [0.15, 0.2) is 30.3 Å². The molecule has 21 heavy (non-hydrogen) atoms. The van der Waals surface area contributed by atoms with E-state index in [1.807, 2.05) is 37.3 Å². The van der Waals surface area contributed by atoms with Crippen LogP contribution in [-0.4, -0.2) is 37.3 Å². The molecule has 0 saturated heterocycles. The van der Waals surface area contributed by atoms with Crippen molar-refractivity contribution >= 4 is 17.3 Å². The van der Waals surface area contributed by atoms with Crippen molar-refractivity contribution in [3.8, 4) is 5.75 Å². The number of nitrogens with one attached hydrogen (secondary N) is 2. The standard InChI is InChI=1S/C15H20N4O2/c1-11-17-14(16-8-9-20-2)10-15(18-11)19-12-4-6-13(21-3)7-5-12/h4-7,10H,8-9H2,1-3H3,(H2,16,17,18,19). The summed E-state index contributed by atoms with van der Waals surface area (Å²) in [5.74, 6) is 3.04. The van der Waals surface area contributed by atoms with Gasteiger partial charge in [-0.2, -0.15) is 0 Å². The Kier molecular flexibility index (Phi) is 5.34.